The highest BCUT2D eigenvalue weighted by molar-refractivity contribution is 9.10. The number of hydrogen-bond donors (Lipinski definition) is 1. The molecule has 2 aromatic heterocycles. The SMILES string of the molecule is O=C(O)N1CCN(c2cnc3cc(Br)c(Cl)cn23)CC1. The maximum Gasteiger partial charge on any atom is 0.407 e. The number of carboxylic acid groups (broad SMARTS) is 1. The van der Waals surface area contributed by atoms with Crippen molar-refractivity contribution in [1.29, 1.82) is 0 Å². The van der Waals surface area contributed by atoms with Crippen LogP contribution >= 0.6 is 27.5 Å². The van der Waals surface area contributed by atoms with Crippen molar-refractivity contribution < 1.29 is 9.90 Å². The van der Waals surface area contributed by atoms with Crippen LogP contribution in [0.5, 0.6) is 0 Å². The van der Waals surface area contributed by atoms with Crippen molar-refractivity contribution in [3.05, 3.63) is 28.0 Å². The number of piperazine rings is 1. The Hall–Kier alpha value is -1.47. The lowest BCUT2D eigenvalue weighted by atomic mass is 10.3. The number of rotatable bonds is 1. The van der Waals surface area contributed by atoms with Crippen molar-refractivity contribution in [3.63, 3.8) is 0 Å². The summed E-state index contributed by atoms with van der Waals surface area (Å²) in [6.07, 6.45) is 2.73. The summed E-state index contributed by atoms with van der Waals surface area (Å²) in [6, 6.07) is 1.86. The van der Waals surface area contributed by atoms with Gasteiger partial charge in [-0.05, 0) is 22.0 Å². The van der Waals surface area contributed by atoms with Crippen LogP contribution in [0, 0.1) is 0 Å². The van der Waals surface area contributed by atoms with Gasteiger partial charge >= 0.3 is 6.09 Å². The molecule has 8 heteroatoms. The van der Waals surface area contributed by atoms with Crippen molar-refractivity contribution in [2.24, 2.45) is 0 Å². The van der Waals surface area contributed by atoms with Gasteiger partial charge < -0.3 is 14.9 Å². The molecule has 106 valence electrons. The predicted molar refractivity (Wildman–Crippen MR) is 79.7 cm³/mol. The minimum atomic E-state index is -0.866. The van der Waals surface area contributed by atoms with Crippen molar-refractivity contribution in [3.8, 4) is 0 Å². The largest absolute Gasteiger partial charge is 0.465 e. The van der Waals surface area contributed by atoms with Crippen LogP contribution in [0.4, 0.5) is 10.6 Å². The molecule has 3 heterocycles. The van der Waals surface area contributed by atoms with Gasteiger partial charge in [-0.25, -0.2) is 9.78 Å². The number of imidazole rings is 1. The lowest BCUT2D eigenvalue weighted by Gasteiger charge is -2.33. The first kappa shape index (κ1) is 13.5. The molecule has 0 aromatic carbocycles. The van der Waals surface area contributed by atoms with E-state index in [1.54, 1.807) is 6.20 Å². The van der Waals surface area contributed by atoms with E-state index in [0.29, 0.717) is 31.2 Å². The Kier molecular flexibility index (Phi) is 3.47. The van der Waals surface area contributed by atoms with E-state index in [9.17, 15) is 4.79 Å². The standard InChI is InChI=1S/C12H12BrClN4O2/c13-8-5-10-15-6-11(18(10)7-9(8)14)16-1-3-17(4-2-16)12(19)20/h5-7H,1-4H2,(H,19,20). The summed E-state index contributed by atoms with van der Waals surface area (Å²) in [4.78, 5) is 18.8. The predicted octanol–water partition coefficient (Wildman–Crippen LogP) is 2.55. The van der Waals surface area contributed by atoms with Crippen molar-refractivity contribution in [2.45, 2.75) is 0 Å². The highest BCUT2D eigenvalue weighted by Crippen LogP contribution is 2.27. The molecule has 3 rings (SSSR count). The molecule has 6 nitrogen and oxygen atoms in total. The molecule has 1 aliphatic heterocycles. The van der Waals surface area contributed by atoms with Crippen LogP contribution in [0.25, 0.3) is 5.65 Å². The second kappa shape index (κ2) is 5.14. The molecule has 0 atom stereocenters. The van der Waals surface area contributed by atoms with E-state index in [-0.39, 0.29) is 0 Å². The van der Waals surface area contributed by atoms with E-state index >= 15 is 0 Å². The molecule has 0 spiro atoms. The minimum Gasteiger partial charge on any atom is -0.465 e. The number of carbonyl (C=O) groups is 1. The summed E-state index contributed by atoms with van der Waals surface area (Å²) in [6.45, 7) is 2.28. The van der Waals surface area contributed by atoms with Gasteiger partial charge in [0.15, 0.2) is 0 Å². The molecule has 1 aliphatic rings. The quantitative estimate of drug-likeness (QED) is 0.850. The summed E-state index contributed by atoms with van der Waals surface area (Å²) in [7, 11) is 0. The first-order valence-electron chi connectivity index (χ1n) is 6.11. The summed E-state index contributed by atoms with van der Waals surface area (Å²) >= 11 is 9.49. The molecule has 1 N–H and O–H groups in total. The van der Waals surface area contributed by atoms with Gasteiger partial charge in [0.2, 0.25) is 0 Å². The maximum absolute atomic E-state index is 10.9. The Labute approximate surface area is 128 Å². The van der Waals surface area contributed by atoms with Crippen LogP contribution in [-0.2, 0) is 0 Å². The monoisotopic (exact) mass is 358 g/mol. The molecule has 1 saturated heterocycles. The zero-order valence-corrected chi connectivity index (χ0v) is 12.8. The zero-order chi connectivity index (χ0) is 14.3. The third-order valence-corrected chi connectivity index (χ3v) is 4.59. The van der Waals surface area contributed by atoms with Crippen LogP contribution in [0.3, 0.4) is 0 Å². The molecule has 0 bridgehead atoms. The number of fused-ring (bicyclic) bond motifs is 1. The zero-order valence-electron chi connectivity index (χ0n) is 10.5. The molecule has 0 saturated carbocycles. The van der Waals surface area contributed by atoms with E-state index in [4.69, 9.17) is 16.7 Å². The van der Waals surface area contributed by atoms with Crippen LogP contribution < -0.4 is 4.90 Å². The van der Waals surface area contributed by atoms with Crippen molar-refractivity contribution in [1.82, 2.24) is 14.3 Å². The Bertz CT molecular complexity index is 667. The van der Waals surface area contributed by atoms with Gasteiger partial charge in [-0.1, -0.05) is 11.6 Å². The minimum absolute atomic E-state index is 0.493. The number of pyridine rings is 1. The lowest BCUT2D eigenvalue weighted by molar-refractivity contribution is 0.142. The second-order valence-electron chi connectivity index (χ2n) is 4.57. The van der Waals surface area contributed by atoms with Gasteiger partial charge in [-0.3, -0.25) is 4.40 Å². The summed E-state index contributed by atoms with van der Waals surface area (Å²) < 4.78 is 2.73. The Morgan fingerprint density at radius 1 is 1.35 bits per heavy atom. The third-order valence-electron chi connectivity index (χ3n) is 3.41. The van der Waals surface area contributed by atoms with E-state index in [1.807, 2.05) is 16.7 Å². The fraction of sp³-hybridized carbons (Fsp3) is 0.333. The van der Waals surface area contributed by atoms with Crippen LogP contribution in [0.2, 0.25) is 5.02 Å². The average Bonchev–Trinajstić information content (AvgIpc) is 2.82. The molecule has 1 fully saturated rings. The van der Waals surface area contributed by atoms with Gasteiger partial charge in [0, 0.05) is 36.8 Å². The Morgan fingerprint density at radius 3 is 2.70 bits per heavy atom. The highest BCUT2D eigenvalue weighted by atomic mass is 79.9. The maximum atomic E-state index is 10.9. The van der Waals surface area contributed by atoms with Crippen LogP contribution in [0.1, 0.15) is 0 Å². The van der Waals surface area contributed by atoms with Gasteiger partial charge in [0.05, 0.1) is 11.2 Å². The van der Waals surface area contributed by atoms with Crippen LogP contribution in [0.15, 0.2) is 22.9 Å². The second-order valence-corrected chi connectivity index (χ2v) is 5.83. The van der Waals surface area contributed by atoms with Gasteiger partial charge in [-0.15, -0.1) is 0 Å². The number of amides is 1. The number of halogens is 2. The summed E-state index contributed by atoms with van der Waals surface area (Å²) in [5, 5.41) is 9.57. The van der Waals surface area contributed by atoms with Crippen molar-refractivity contribution in [2.75, 3.05) is 31.1 Å². The fourth-order valence-corrected chi connectivity index (χ4v) is 2.78. The summed E-state index contributed by atoms with van der Waals surface area (Å²) in [5.74, 6) is 0.930. The number of nitrogens with zero attached hydrogens (tertiary/aromatic N) is 4. The first-order valence-corrected chi connectivity index (χ1v) is 7.28. The molecule has 1 amide bonds. The van der Waals surface area contributed by atoms with E-state index in [1.165, 1.54) is 4.90 Å². The number of aromatic nitrogens is 2. The highest BCUT2D eigenvalue weighted by Gasteiger charge is 2.22. The molecular formula is C12H12BrClN4O2. The number of anilines is 1. The lowest BCUT2D eigenvalue weighted by Crippen LogP contribution is -2.48. The Balaban J connectivity index is 1.88. The average molecular weight is 360 g/mol. The van der Waals surface area contributed by atoms with Gasteiger partial charge in [0.25, 0.3) is 0 Å². The first-order chi connectivity index (χ1) is 9.56. The van der Waals surface area contributed by atoms with E-state index < -0.39 is 6.09 Å². The topological polar surface area (TPSA) is 61.1 Å². The third kappa shape index (κ3) is 2.31. The van der Waals surface area contributed by atoms with Crippen LogP contribution in [-0.4, -0.2) is 51.7 Å². The Morgan fingerprint density at radius 2 is 2.05 bits per heavy atom. The van der Waals surface area contributed by atoms with E-state index in [2.05, 4.69) is 25.8 Å². The molecule has 20 heavy (non-hydrogen) atoms. The molecular weight excluding hydrogens is 348 g/mol. The number of hydrogen-bond acceptors (Lipinski definition) is 3. The van der Waals surface area contributed by atoms with E-state index in [0.717, 1.165) is 15.9 Å². The van der Waals surface area contributed by atoms with Gasteiger partial charge in [-0.2, -0.15) is 0 Å². The molecule has 2 aromatic rings. The smallest absolute Gasteiger partial charge is 0.407 e. The van der Waals surface area contributed by atoms with Gasteiger partial charge in [0.1, 0.15) is 11.5 Å². The molecule has 0 unspecified atom stereocenters. The molecule has 0 radical (unpaired) electrons. The fourth-order valence-electron chi connectivity index (χ4n) is 2.32. The van der Waals surface area contributed by atoms with Crippen molar-refractivity contribution >= 4 is 45.1 Å². The molecule has 0 aliphatic carbocycles. The normalized spacial score (nSPS) is 15.9. The summed E-state index contributed by atoms with van der Waals surface area (Å²) in [5.41, 5.74) is 0.803.